The molecule has 0 amide bonds. The van der Waals surface area contributed by atoms with Gasteiger partial charge in [-0.05, 0) is 19.8 Å². The zero-order chi connectivity index (χ0) is 10.1. The van der Waals surface area contributed by atoms with Gasteiger partial charge in [0.1, 0.15) is 12.9 Å². The average Bonchev–Trinajstić information content (AvgIpc) is 2.99. The summed E-state index contributed by atoms with van der Waals surface area (Å²) in [5.41, 5.74) is 0. The van der Waals surface area contributed by atoms with Crippen LogP contribution in [0.15, 0.2) is 0 Å². The summed E-state index contributed by atoms with van der Waals surface area (Å²) in [6.07, 6.45) is 2.45. The van der Waals surface area contributed by atoms with Crippen LogP contribution in [0, 0.1) is 0 Å². The highest BCUT2D eigenvalue weighted by Crippen LogP contribution is 2.08. The van der Waals surface area contributed by atoms with Crippen LogP contribution in [0.1, 0.15) is 19.8 Å². The van der Waals surface area contributed by atoms with Gasteiger partial charge in [-0.25, -0.2) is 0 Å². The molecule has 0 radical (unpaired) electrons. The smallest absolute Gasteiger partial charge is 0.146 e. The second-order valence-corrected chi connectivity index (χ2v) is 3.26. The van der Waals surface area contributed by atoms with Gasteiger partial charge >= 0.3 is 0 Å². The number of epoxide rings is 1. The van der Waals surface area contributed by atoms with Gasteiger partial charge in [0.05, 0.1) is 13.2 Å². The van der Waals surface area contributed by atoms with Crippen molar-refractivity contribution in [1.29, 1.82) is 0 Å². The van der Waals surface area contributed by atoms with Crippen molar-refractivity contribution in [3.63, 3.8) is 0 Å². The quantitative estimate of drug-likeness (QED) is 0.304. The van der Waals surface area contributed by atoms with Crippen LogP contribution in [0.4, 0.5) is 0 Å². The van der Waals surface area contributed by atoms with E-state index in [1.54, 1.807) is 0 Å². The molecule has 0 bridgehead atoms. The van der Waals surface area contributed by atoms with Crippen molar-refractivity contribution in [2.45, 2.75) is 25.9 Å². The van der Waals surface area contributed by atoms with Gasteiger partial charge in [0.15, 0.2) is 0 Å². The Morgan fingerprint density at radius 1 is 1.14 bits per heavy atom. The second-order valence-electron chi connectivity index (χ2n) is 3.26. The highest BCUT2D eigenvalue weighted by atomic mass is 16.7. The molecule has 4 heteroatoms. The van der Waals surface area contributed by atoms with Crippen molar-refractivity contribution in [3.05, 3.63) is 0 Å². The normalized spacial score (nSPS) is 19.9. The Morgan fingerprint density at radius 3 is 2.50 bits per heavy atom. The first-order valence-corrected chi connectivity index (χ1v) is 5.28. The van der Waals surface area contributed by atoms with Crippen LogP contribution in [-0.2, 0) is 18.9 Å². The van der Waals surface area contributed by atoms with Gasteiger partial charge in [-0.1, -0.05) is 0 Å². The molecule has 0 spiro atoms. The molecule has 1 aliphatic heterocycles. The Bertz CT molecular complexity index is 125. The van der Waals surface area contributed by atoms with Gasteiger partial charge < -0.3 is 18.9 Å². The Morgan fingerprint density at radius 2 is 1.86 bits per heavy atom. The van der Waals surface area contributed by atoms with Crippen molar-refractivity contribution in [1.82, 2.24) is 0 Å². The van der Waals surface area contributed by atoms with E-state index in [1.807, 2.05) is 6.92 Å². The SMILES string of the molecule is CCOCOCCCCOC[C@@H]1CO1. The standard InChI is InChI=1S/C10H20O4/c1-2-11-9-13-6-4-3-5-12-7-10-8-14-10/h10H,2-9H2,1H3/t10-/m1/s1. The van der Waals surface area contributed by atoms with Crippen LogP contribution < -0.4 is 0 Å². The van der Waals surface area contributed by atoms with E-state index in [2.05, 4.69) is 0 Å². The number of unbranched alkanes of at least 4 members (excludes halogenated alkanes) is 1. The molecule has 0 aromatic carbocycles. The molecule has 0 saturated carbocycles. The Balaban J connectivity index is 1.63. The zero-order valence-corrected chi connectivity index (χ0v) is 8.87. The van der Waals surface area contributed by atoms with E-state index in [0.717, 1.165) is 39.3 Å². The molecule has 1 rings (SSSR count). The second kappa shape index (κ2) is 8.17. The Labute approximate surface area is 85.5 Å². The summed E-state index contributed by atoms with van der Waals surface area (Å²) >= 11 is 0. The predicted molar refractivity (Wildman–Crippen MR) is 52.2 cm³/mol. The maximum Gasteiger partial charge on any atom is 0.146 e. The molecule has 0 unspecified atom stereocenters. The van der Waals surface area contributed by atoms with E-state index in [-0.39, 0.29) is 0 Å². The summed E-state index contributed by atoms with van der Waals surface area (Å²) in [5, 5.41) is 0. The lowest BCUT2D eigenvalue weighted by molar-refractivity contribution is -0.0512. The van der Waals surface area contributed by atoms with E-state index >= 15 is 0 Å². The van der Waals surface area contributed by atoms with Gasteiger partial charge in [0.25, 0.3) is 0 Å². The molecule has 1 heterocycles. The molecule has 0 aliphatic carbocycles. The van der Waals surface area contributed by atoms with E-state index in [1.165, 1.54) is 0 Å². The lowest BCUT2D eigenvalue weighted by Crippen LogP contribution is -2.05. The summed E-state index contributed by atoms with van der Waals surface area (Å²) in [6, 6.07) is 0. The van der Waals surface area contributed by atoms with Crippen LogP contribution in [0.25, 0.3) is 0 Å². The third-order valence-electron chi connectivity index (χ3n) is 1.90. The van der Waals surface area contributed by atoms with Gasteiger partial charge in [-0.3, -0.25) is 0 Å². The zero-order valence-electron chi connectivity index (χ0n) is 8.87. The molecule has 84 valence electrons. The topological polar surface area (TPSA) is 40.2 Å². The lowest BCUT2D eigenvalue weighted by Gasteiger charge is -2.04. The van der Waals surface area contributed by atoms with Gasteiger partial charge in [-0.15, -0.1) is 0 Å². The van der Waals surface area contributed by atoms with Crippen LogP contribution in [0.5, 0.6) is 0 Å². The van der Waals surface area contributed by atoms with Crippen molar-refractivity contribution in [2.75, 3.05) is 39.8 Å². The molecule has 0 N–H and O–H groups in total. The first-order chi connectivity index (χ1) is 6.93. The molecule has 1 saturated heterocycles. The van der Waals surface area contributed by atoms with Gasteiger partial charge in [0, 0.05) is 19.8 Å². The van der Waals surface area contributed by atoms with E-state index in [0.29, 0.717) is 19.5 Å². The van der Waals surface area contributed by atoms with Crippen LogP contribution in [-0.4, -0.2) is 45.9 Å². The van der Waals surface area contributed by atoms with Gasteiger partial charge in [-0.2, -0.15) is 0 Å². The Hall–Kier alpha value is -0.160. The van der Waals surface area contributed by atoms with Crippen LogP contribution >= 0.6 is 0 Å². The molecular weight excluding hydrogens is 184 g/mol. The molecule has 1 aliphatic rings. The van der Waals surface area contributed by atoms with Crippen molar-refractivity contribution in [2.24, 2.45) is 0 Å². The summed E-state index contributed by atoms with van der Waals surface area (Å²) in [4.78, 5) is 0. The maximum absolute atomic E-state index is 5.37. The molecule has 0 aromatic heterocycles. The number of ether oxygens (including phenoxy) is 4. The minimum absolute atomic E-state index is 0.379. The largest absolute Gasteiger partial charge is 0.379 e. The average molecular weight is 204 g/mol. The summed E-state index contributed by atoms with van der Waals surface area (Å²) in [6.45, 7) is 6.26. The monoisotopic (exact) mass is 204 g/mol. The summed E-state index contributed by atoms with van der Waals surface area (Å²) in [7, 11) is 0. The molecule has 1 fully saturated rings. The fourth-order valence-corrected chi connectivity index (χ4v) is 0.988. The highest BCUT2D eigenvalue weighted by molar-refractivity contribution is 4.66. The molecule has 4 nitrogen and oxygen atoms in total. The fraction of sp³-hybridized carbons (Fsp3) is 1.00. The summed E-state index contributed by atoms with van der Waals surface area (Å²) < 4.78 is 20.6. The highest BCUT2D eigenvalue weighted by Gasteiger charge is 2.21. The summed E-state index contributed by atoms with van der Waals surface area (Å²) in [5.74, 6) is 0. The minimum atomic E-state index is 0.379. The van der Waals surface area contributed by atoms with Crippen LogP contribution in [0.3, 0.4) is 0 Å². The van der Waals surface area contributed by atoms with Gasteiger partial charge in [0.2, 0.25) is 0 Å². The third kappa shape index (κ3) is 7.26. The Kier molecular flexibility index (Phi) is 6.95. The molecule has 0 aromatic rings. The lowest BCUT2D eigenvalue weighted by atomic mass is 10.3. The van der Waals surface area contributed by atoms with Crippen LogP contribution in [0.2, 0.25) is 0 Å². The fourth-order valence-electron chi connectivity index (χ4n) is 0.988. The van der Waals surface area contributed by atoms with E-state index < -0.39 is 0 Å². The number of hydrogen-bond donors (Lipinski definition) is 0. The first-order valence-electron chi connectivity index (χ1n) is 5.28. The predicted octanol–water partition coefficient (Wildman–Crippen LogP) is 1.19. The van der Waals surface area contributed by atoms with Crippen molar-refractivity contribution >= 4 is 0 Å². The van der Waals surface area contributed by atoms with Crippen molar-refractivity contribution < 1.29 is 18.9 Å². The van der Waals surface area contributed by atoms with Crippen molar-refractivity contribution in [3.8, 4) is 0 Å². The van der Waals surface area contributed by atoms with E-state index in [4.69, 9.17) is 18.9 Å². The third-order valence-corrected chi connectivity index (χ3v) is 1.90. The maximum atomic E-state index is 5.37. The van der Waals surface area contributed by atoms with E-state index in [9.17, 15) is 0 Å². The first kappa shape index (κ1) is 11.9. The number of rotatable bonds is 10. The number of hydrogen-bond acceptors (Lipinski definition) is 4. The molecular formula is C10H20O4. The minimum Gasteiger partial charge on any atom is -0.379 e. The molecule has 14 heavy (non-hydrogen) atoms. The molecule has 1 atom stereocenters.